The minimum atomic E-state index is -3.69. The van der Waals surface area contributed by atoms with E-state index in [1.807, 2.05) is 12.3 Å². The first-order valence-corrected chi connectivity index (χ1v) is 9.98. The summed E-state index contributed by atoms with van der Waals surface area (Å²) in [5.74, 6) is 0.414. The molecule has 0 amide bonds. The van der Waals surface area contributed by atoms with Crippen molar-refractivity contribution in [2.24, 2.45) is 5.14 Å². The summed E-state index contributed by atoms with van der Waals surface area (Å²) in [6.07, 6.45) is 0.616. The van der Waals surface area contributed by atoms with E-state index in [0.717, 1.165) is 11.3 Å². The zero-order chi connectivity index (χ0) is 18.2. The normalized spacial score (nSPS) is 15.3. The van der Waals surface area contributed by atoms with Gasteiger partial charge in [-0.2, -0.15) is 0 Å². The fourth-order valence-electron chi connectivity index (χ4n) is 2.63. The van der Waals surface area contributed by atoms with Crippen LogP contribution in [-0.2, 0) is 16.4 Å². The summed E-state index contributed by atoms with van der Waals surface area (Å²) in [4.78, 5) is 6.19. The van der Waals surface area contributed by atoms with E-state index in [9.17, 15) is 13.5 Å². The molecular formula is C16H18N4O3S2. The molecule has 132 valence electrons. The number of nitrogens with one attached hydrogen (secondary N) is 1. The van der Waals surface area contributed by atoms with Crippen LogP contribution in [0.25, 0.3) is 5.57 Å². The van der Waals surface area contributed by atoms with Crippen molar-refractivity contribution in [2.75, 3.05) is 13.1 Å². The van der Waals surface area contributed by atoms with E-state index in [4.69, 9.17) is 10.5 Å². The highest BCUT2D eigenvalue weighted by atomic mass is 32.2. The second-order valence-corrected chi connectivity index (χ2v) is 8.24. The monoisotopic (exact) mass is 378 g/mol. The molecule has 1 aromatic heterocycles. The Hall–Kier alpha value is -2.23. The van der Waals surface area contributed by atoms with Crippen LogP contribution in [0.4, 0.5) is 0 Å². The Morgan fingerprint density at radius 1 is 1.36 bits per heavy atom. The van der Waals surface area contributed by atoms with Crippen LogP contribution in [0, 0.1) is 12.3 Å². The second kappa shape index (κ2) is 6.58. The lowest BCUT2D eigenvalue weighted by Crippen LogP contribution is -2.28. The van der Waals surface area contributed by atoms with E-state index >= 15 is 0 Å². The number of hydrogen-bond donors (Lipinski definition) is 3. The highest BCUT2D eigenvalue weighted by molar-refractivity contribution is 7.89. The highest BCUT2D eigenvalue weighted by Crippen LogP contribution is 2.29. The number of aliphatic hydroxyl groups excluding tert-OH is 1. The van der Waals surface area contributed by atoms with E-state index in [1.165, 1.54) is 23.5 Å². The largest absolute Gasteiger partial charge is 0.510 e. The van der Waals surface area contributed by atoms with Crippen LogP contribution in [0.5, 0.6) is 0 Å². The number of sulfonamides is 1. The van der Waals surface area contributed by atoms with Gasteiger partial charge < -0.3 is 10.0 Å². The van der Waals surface area contributed by atoms with Crippen LogP contribution in [0.15, 0.2) is 40.3 Å². The summed E-state index contributed by atoms with van der Waals surface area (Å²) in [7, 11) is -3.69. The number of amidine groups is 1. The van der Waals surface area contributed by atoms with Gasteiger partial charge in [-0.05, 0) is 31.0 Å². The molecule has 4 N–H and O–H groups in total. The Bertz CT molecular complexity index is 946. The van der Waals surface area contributed by atoms with Crippen LogP contribution >= 0.6 is 11.3 Å². The third-order valence-corrected chi connectivity index (χ3v) is 5.84. The Balaban J connectivity index is 1.66. The predicted octanol–water partition coefficient (Wildman–Crippen LogP) is 1.90. The first kappa shape index (κ1) is 17.6. The van der Waals surface area contributed by atoms with Gasteiger partial charge in [0.05, 0.1) is 17.0 Å². The molecule has 0 radical (unpaired) electrons. The number of nitrogens with zero attached hydrogens (tertiary/aromatic N) is 2. The maximum atomic E-state index is 11.3. The fourth-order valence-corrected chi connectivity index (χ4v) is 4.01. The van der Waals surface area contributed by atoms with Gasteiger partial charge in [0.1, 0.15) is 16.6 Å². The maximum absolute atomic E-state index is 11.3. The van der Waals surface area contributed by atoms with E-state index in [2.05, 4.69) is 4.98 Å². The van der Waals surface area contributed by atoms with Gasteiger partial charge in [-0.3, -0.25) is 5.41 Å². The second-order valence-electron chi connectivity index (χ2n) is 5.82. The van der Waals surface area contributed by atoms with Gasteiger partial charge in [0.2, 0.25) is 10.0 Å². The summed E-state index contributed by atoms with van der Waals surface area (Å²) < 4.78 is 22.5. The average molecular weight is 378 g/mol. The van der Waals surface area contributed by atoms with Crippen molar-refractivity contribution >= 4 is 32.8 Å². The average Bonchev–Trinajstić information content (AvgIpc) is 3.08. The van der Waals surface area contributed by atoms with Gasteiger partial charge in [-0.15, -0.1) is 11.3 Å². The molecule has 0 aliphatic carbocycles. The van der Waals surface area contributed by atoms with Crippen LogP contribution in [-0.4, -0.2) is 42.3 Å². The highest BCUT2D eigenvalue weighted by Gasteiger charge is 2.29. The van der Waals surface area contributed by atoms with E-state index < -0.39 is 10.0 Å². The number of rotatable bonds is 5. The van der Waals surface area contributed by atoms with Crippen molar-refractivity contribution in [3.05, 3.63) is 51.7 Å². The molecule has 25 heavy (non-hydrogen) atoms. The smallest absolute Gasteiger partial charge is 0.238 e. The summed E-state index contributed by atoms with van der Waals surface area (Å²) in [6.45, 7) is 2.69. The lowest BCUT2D eigenvalue weighted by molar-refractivity contribution is 0.351. The van der Waals surface area contributed by atoms with Gasteiger partial charge in [0.25, 0.3) is 0 Å². The van der Waals surface area contributed by atoms with E-state index in [-0.39, 0.29) is 23.0 Å². The van der Waals surface area contributed by atoms with Crippen molar-refractivity contribution < 1.29 is 13.5 Å². The third-order valence-electron chi connectivity index (χ3n) is 3.94. The molecule has 1 aliphatic rings. The summed E-state index contributed by atoms with van der Waals surface area (Å²) in [5, 5.41) is 26.1. The predicted molar refractivity (Wildman–Crippen MR) is 97.2 cm³/mol. The minimum absolute atomic E-state index is 0.0749. The Labute approximate surface area is 150 Å². The van der Waals surface area contributed by atoms with Crippen molar-refractivity contribution in [1.82, 2.24) is 9.88 Å². The maximum Gasteiger partial charge on any atom is 0.238 e. The Morgan fingerprint density at radius 3 is 2.60 bits per heavy atom. The van der Waals surface area contributed by atoms with Crippen LogP contribution in [0.1, 0.15) is 16.3 Å². The molecule has 1 aliphatic heterocycles. The lowest BCUT2D eigenvalue weighted by atomic mass is 10.1. The molecule has 2 aromatic rings. The van der Waals surface area contributed by atoms with Crippen molar-refractivity contribution in [3.63, 3.8) is 0 Å². The molecule has 7 nitrogen and oxygen atoms in total. The zero-order valence-electron chi connectivity index (χ0n) is 13.6. The number of benzene rings is 1. The quantitative estimate of drug-likeness (QED) is 0.734. The molecule has 0 atom stereocenters. The molecule has 1 aromatic carbocycles. The topological polar surface area (TPSA) is 120 Å². The van der Waals surface area contributed by atoms with Gasteiger partial charge >= 0.3 is 0 Å². The third kappa shape index (κ3) is 3.73. The number of aliphatic hydroxyl groups is 1. The number of nitrogens with two attached hydrogens (primary N) is 1. The summed E-state index contributed by atoms with van der Waals surface area (Å²) in [5.41, 5.74) is 2.28. The molecule has 0 bridgehead atoms. The number of aromatic nitrogens is 1. The van der Waals surface area contributed by atoms with Crippen LogP contribution < -0.4 is 5.14 Å². The molecule has 3 rings (SSSR count). The molecule has 0 unspecified atom stereocenters. The Morgan fingerprint density at radius 2 is 2.04 bits per heavy atom. The molecule has 0 fully saturated rings. The number of thiazole rings is 1. The molecule has 0 saturated carbocycles. The lowest BCUT2D eigenvalue weighted by Gasteiger charge is -2.18. The van der Waals surface area contributed by atoms with E-state index in [1.54, 1.807) is 17.0 Å². The first-order chi connectivity index (χ1) is 11.8. The molecule has 0 saturated heterocycles. The van der Waals surface area contributed by atoms with Crippen molar-refractivity contribution in [3.8, 4) is 0 Å². The summed E-state index contributed by atoms with van der Waals surface area (Å²) >= 11 is 1.41. The summed E-state index contributed by atoms with van der Waals surface area (Å²) in [6, 6.07) is 6.36. The van der Waals surface area contributed by atoms with Crippen molar-refractivity contribution in [2.45, 2.75) is 18.2 Å². The van der Waals surface area contributed by atoms with E-state index in [0.29, 0.717) is 23.5 Å². The Kier molecular flexibility index (Phi) is 4.63. The molecule has 2 heterocycles. The number of aryl methyl sites for hydroxylation is 1. The van der Waals surface area contributed by atoms with Crippen LogP contribution in [0.2, 0.25) is 0 Å². The van der Waals surface area contributed by atoms with Crippen LogP contribution in [0.3, 0.4) is 0 Å². The molecule has 9 heteroatoms. The zero-order valence-corrected chi connectivity index (χ0v) is 15.2. The number of hydrogen-bond acceptors (Lipinski definition) is 6. The minimum Gasteiger partial charge on any atom is -0.510 e. The SMILES string of the molecule is Cc1csc(C2=C(O)CN(CCc3ccc(S(N)(=O)=O)cc3)C2=N)n1. The van der Waals surface area contributed by atoms with Gasteiger partial charge in [0, 0.05) is 17.6 Å². The van der Waals surface area contributed by atoms with Crippen molar-refractivity contribution in [1.29, 1.82) is 5.41 Å². The standard InChI is InChI=1S/C16H18N4O3S2/c1-10-9-24-16(19-10)14-13(21)8-20(15(14)17)7-6-11-2-4-12(5-3-11)25(18,22)23/h2-5,9,17,21H,6-8H2,1H3,(H2,18,22,23). The molecule has 0 spiro atoms. The van der Waals surface area contributed by atoms with Gasteiger partial charge in [-0.25, -0.2) is 18.5 Å². The van der Waals surface area contributed by atoms with Gasteiger partial charge in [0.15, 0.2) is 0 Å². The number of primary sulfonamides is 1. The van der Waals surface area contributed by atoms with Gasteiger partial charge in [-0.1, -0.05) is 12.1 Å². The molecular weight excluding hydrogens is 360 g/mol. The fraction of sp³-hybridized carbons (Fsp3) is 0.250. The first-order valence-electron chi connectivity index (χ1n) is 7.56.